The van der Waals surface area contributed by atoms with E-state index in [2.05, 4.69) is 12.6 Å². The Morgan fingerprint density at radius 2 is 2.18 bits per heavy atom. The summed E-state index contributed by atoms with van der Waals surface area (Å²) in [7, 11) is 0. The molecule has 1 aromatic rings. The van der Waals surface area contributed by atoms with E-state index in [-0.39, 0.29) is 11.9 Å². The van der Waals surface area contributed by atoms with Crippen LogP contribution < -0.4 is 5.73 Å². The van der Waals surface area contributed by atoms with Crippen molar-refractivity contribution in [3.8, 4) is 0 Å². The van der Waals surface area contributed by atoms with E-state index in [9.17, 15) is 4.39 Å². The number of thiol groups is 1. The summed E-state index contributed by atoms with van der Waals surface area (Å²) in [5.74, 6) is -0.285. The average Bonchev–Trinajstić information content (AvgIpc) is 1.85. The first-order valence-corrected chi connectivity index (χ1v) is 3.80. The number of benzene rings is 1. The summed E-state index contributed by atoms with van der Waals surface area (Å²) in [5.41, 5.74) is 6.03. The maximum atomic E-state index is 13.0. The summed E-state index contributed by atoms with van der Waals surface area (Å²) in [6.45, 7) is 1.75. The Bertz CT molecular complexity index is 260. The van der Waals surface area contributed by atoms with Gasteiger partial charge in [0.1, 0.15) is 5.82 Å². The third kappa shape index (κ3) is 1.94. The van der Waals surface area contributed by atoms with Crippen LogP contribution in [0.3, 0.4) is 0 Å². The number of rotatable bonds is 1. The summed E-state index contributed by atoms with van der Waals surface area (Å²) in [6, 6.07) is 4.48. The predicted molar refractivity (Wildman–Crippen MR) is 46.3 cm³/mol. The van der Waals surface area contributed by atoms with Crippen LogP contribution in [-0.2, 0) is 0 Å². The SMILES string of the molecule is C[C@H](N)c1ccc(S)cc1F. The van der Waals surface area contributed by atoms with Crippen molar-refractivity contribution in [1.29, 1.82) is 0 Å². The van der Waals surface area contributed by atoms with E-state index in [1.165, 1.54) is 6.07 Å². The molecule has 1 nitrogen and oxygen atoms in total. The summed E-state index contributed by atoms with van der Waals surface area (Å²) in [5, 5.41) is 0. The Morgan fingerprint density at radius 3 is 2.64 bits per heavy atom. The molecule has 0 saturated heterocycles. The molecular weight excluding hydrogens is 161 g/mol. The van der Waals surface area contributed by atoms with Crippen molar-refractivity contribution in [2.45, 2.75) is 17.9 Å². The van der Waals surface area contributed by atoms with Gasteiger partial charge in [0.05, 0.1) is 0 Å². The fourth-order valence-corrected chi connectivity index (χ4v) is 1.07. The van der Waals surface area contributed by atoms with Gasteiger partial charge in [-0.05, 0) is 19.1 Å². The summed E-state index contributed by atoms with van der Waals surface area (Å²) < 4.78 is 13.0. The number of hydrogen-bond acceptors (Lipinski definition) is 2. The van der Waals surface area contributed by atoms with Gasteiger partial charge in [-0.1, -0.05) is 6.07 Å². The Labute approximate surface area is 70.8 Å². The lowest BCUT2D eigenvalue weighted by molar-refractivity contribution is 0.590. The molecule has 1 atom stereocenters. The highest BCUT2D eigenvalue weighted by Crippen LogP contribution is 2.17. The average molecular weight is 171 g/mol. The molecular formula is C8H10FNS. The third-order valence-corrected chi connectivity index (χ3v) is 1.75. The Kier molecular flexibility index (Phi) is 2.52. The van der Waals surface area contributed by atoms with E-state index in [4.69, 9.17) is 5.73 Å². The minimum atomic E-state index is -0.285. The molecule has 0 radical (unpaired) electrons. The minimum absolute atomic E-state index is 0.260. The maximum absolute atomic E-state index is 13.0. The highest BCUT2D eigenvalue weighted by Gasteiger charge is 2.05. The van der Waals surface area contributed by atoms with Gasteiger partial charge < -0.3 is 5.73 Å². The van der Waals surface area contributed by atoms with Crippen LogP contribution in [0.2, 0.25) is 0 Å². The fourth-order valence-electron chi connectivity index (χ4n) is 0.885. The molecule has 0 aliphatic heterocycles. The zero-order valence-electron chi connectivity index (χ0n) is 6.21. The van der Waals surface area contributed by atoms with Crippen molar-refractivity contribution in [1.82, 2.24) is 0 Å². The van der Waals surface area contributed by atoms with Gasteiger partial charge in [-0.25, -0.2) is 4.39 Å². The molecule has 2 N–H and O–H groups in total. The molecule has 0 amide bonds. The molecule has 0 spiro atoms. The highest BCUT2D eigenvalue weighted by molar-refractivity contribution is 7.80. The first kappa shape index (κ1) is 8.56. The molecule has 0 saturated carbocycles. The van der Waals surface area contributed by atoms with E-state index in [1.54, 1.807) is 19.1 Å². The number of nitrogens with two attached hydrogens (primary N) is 1. The molecule has 1 rings (SSSR count). The fraction of sp³-hybridized carbons (Fsp3) is 0.250. The highest BCUT2D eigenvalue weighted by atomic mass is 32.1. The molecule has 0 fully saturated rings. The van der Waals surface area contributed by atoms with Crippen molar-refractivity contribution < 1.29 is 4.39 Å². The standard InChI is InChI=1S/C8H10FNS/c1-5(10)7-3-2-6(11)4-8(7)9/h2-5,11H,10H2,1H3/t5-/m0/s1. The molecule has 0 aliphatic carbocycles. The van der Waals surface area contributed by atoms with Crippen LogP contribution in [0.15, 0.2) is 23.1 Å². The lowest BCUT2D eigenvalue weighted by atomic mass is 10.1. The van der Waals surface area contributed by atoms with Crippen molar-refractivity contribution >= 4 is 12.6 Å². The van der Waals surface area contributed by atoms with Crippen LogP contribution in [0.25, 0.3) is 0 Å². The van der Waals surface area contributed by atoms with E-state index < -0.39 is 0 Å². The molecule has 0 aromatic heterocycles. The largest absolute Gasteiger partial charge is 0.324 e. The molecule has 0 heterocycles. The molecule has 1 aromatic carbocycles. The normalized spacial score (nSPS) is 13.1. The molecule has 11 heavy (non-hydrogen) atoms. The van der Waals surface area contributed by atoms with Crippen LogP contribution >= 0.6 is 12.6 Å². The second-order valence-corrected chi connectivity index (χ2v) is 3.01. The molecule has 60 valence electrons. The summed E-state index contributed by atoms with van der Waals surface area (Å²) in [6.07, 6.45) is 0. The lowest BCUT2D eigenvalue weighted by Crippen LogP contribution is -2.06. The van der Waals surface area contributed by atoms with Crippen molar-refractivity contribution in [3.63, 3.8) is 0 Å². The number of hydrogen-bond donors (Lipinski definition) is 2. The first-order chi connectivity index (χ1) is 5.11. The van der Waals surface area contributed by atoms with Crippen LogP contribution in [0, 0.1) is 5.82 Å². The van der Waals surface area contributed by atoms with Gasteiger partial charge in [0, 0.05) is 16.5 Å². The lowest BCUT2D eigenvalue weighted by Gasteiger charge is -2.06. The van der Waals surface area contributed by atoms with Crippen molar-refractivity contribution in [3.05, 3.63) is 29.6 Å². The van der Waals surface area contributed by atoms with Gasteiger partial charge in [0.2, 0.25) is 0 Å². The van der Waals surface area contributed by atoms with Gasteiger partial charge in [0.15, 0.2) is 0 Å². The topological polar surface area (TPSA) is 26.0 Å². The van der Waals surface area contributed by atoms with Gasteiger partial charge in [-0.2, -0.15) is 0 Å². The first-order valence-electron chi connectivity index (χ1n) is 3.35. The third-order valence-electron chi connectivity index (χ3n) is 1.47. The van der Waals surface area contributed by atoms with Gasteiger partial charge >= 0.3 is 0 Å². The zero-order valence-corrected chi connectivity index (χ0v) is 7.11. The van der Waals surface area contributed by atoms with E-state index in [0.717, 1.165) is 0 Å². The minimum Gasteiger partial charge on any atom is -0.324 e. The molecule has 0 aliphatic rings. The van der Waals surface area contributed by atoms with E-state index in [1.807, 2.05) is 0 Å². The Morgan fingerprint density at radius 1 is 1.55 bits per heavy atom. The van der Waals surface area contributed by atoms with Crippen LogP contribution in [0.1, 0.15) is 18.5 Å². The van der Waals surface area contributed by atoms with Crippen molar-refractivity contribution in [2.75, 3.05) is 0 Å². The molecule has 0 bridgehead atoms. The second kappa shape index (κ2) is 3.24. The molecule has 0 unspecified atom stereocenters. The summed E-state index contributed by atoms with van der Waals surface area (Å²) in [4.78, 5) is 0.618. The Hall–Kier alpha value is -0.540. The van der Waals surface area contributed by atoms with Crippen LogP contribution in [-0.4, -0.2) is 0 Å². The molecule has 3 heteroatoms. The second-order valence-electron chi connectivity index (χ2n) is 2.49. The zero-order chi connectivity index (χ0) is 8.43. The van der Waals surface area contributed by atoms with E-state index >= 15 is 0 Å². The smallest absolute Gasteiger partial charge is 0.129 e. The van der Waals surface area contributed by atoms with Crippen LogP contribution in [0.5, 0.6) is 0 Å². The monoisotopic (exact) mass is 171 g/mol. The quantitative estimate of drug-likeness (QED) is 0.622. The van der Waals surface area contributed by atoms with Gasteiger partial charge in [-0.3, -0.25) is 0 Å². The summed E-state index contributed by atoms with van der Waals surface area (Å²) >= 11 is 3.99. The predicted octanol–water partition coefficient (Wildman–Crippen LogP) is 2.13. The maximum Gasteiger partial charge on any atom is 0.129 e. The number of halogens is 1. The van der Waals surface area contributed by atoms with Crippen molar-refractivity contribution in [2.24, 2.45) is 5.73 Å². The van der Waals surface area contributed by atoms with Gasteiger partial charge in [0.25, 0.3) is 0 Å². The van der Waals surface area contributed by atoms with E-state index in [0.29, 0.717) is 10.5 Å². The Balaban J connectivity index is 3.09. The van der Waals surface area contributed by atoms with Gasteiger partial charge in [-0.15, -0.1) is 12.6 Å². The van der Waals surface area contributed by atoms with Crippen LogP contribution in [0.4, 0.5) is 4.39 Å².